The summed E-state index contributed by atoms with van der Waals surface area (Å²) in [6.45, 7) is 3.70. The van der Waals surface area contributed by atoms with Gasteiger partial charge in [0.25, 0.3) is 0 Å². The van der Waals surface area contributed by atoms with Gasteiger partial charge in [0.05, 0.1) is 39.6 Å². The SMILES string of the molecule is O=C1c2ccc(cc2)Oc2ccc(cc2)OCCOCCOCCOCCOc2ccc(cc2)Oc2ccc1cc2. The van der Waals surface area contributed by atoms with E-state index in [9.17, 15) is 4.79 Å². The molecule has 0 aliphatic carbocycles. The molecular formula is C33H32O8. The van der Waals surface area contributed by atoms with Gasteiger partial charge in [-0.15, -0.1) is 0 Å². The zero-order valence-corrected chi connectivity index (χ0v) is 22.7. The Labute approximate surface area is 239 Å². The monoisotopic (exact) mass is 556 g/mol. The number of carbonyl (C=O) groups excluding carboxylic acids is 1. The third-order valence-electron chi connectivity index (χ3n) is 6.09. The van der Waals surface area contributed by atoms with E-state index in [0.29, 0.717) is 87.0 Å². The molecule has 0 N–H and O–H groups in total. The van der Waals surface area contributed by atoms with Crippen LogP contribution in [0, 0.1) is 0 Å². The lowest BCUT2D eigenvalue weighted by atomic mass is 10.0. The van der Waals surface area contributed by atoms with Crippen molar-refractivity contribution in [1.29, 1.82) is 0 Å². The number of carbonyl (C=O) groups is 1. The Bertz CT molecular complexity index is 1250. The van der Waals surface area contributed by atoms with Gasteiger partial charge in [0, 0.05) is 11.1 Å². The Balaban J connectivity index is 1.22. The van der Waals surface area contributed by atoms with Gasteiger partial charge in [-0.1, -0.05) is 0 Å². The summed E-state index contributed by atoms with van der Waals surface area (Å²) in [7, 11) is 0. The van der Waals surface area contributed by atoms with Crippen molar-refractivity contribution < 1.29 is 38.0 Å². The van der Waals surface area contributed by atoms with E-state index in [4.69, 9.17) is 33.2 Å². The molecule has 8 bridgehead atoms. The Morgan fingerprint density at radius 3 is 0.951 bits per heavy atom. The van der Waals surface area contributed by atoms with Gasteiger partial charge >= 0.3 is 0 Å². The fourth-order valence-electron chi connectivity index (χ4n) is 3.97. The molecule has 4 aromatic carbocycles. The van der Waals surface area contributed by atoms with Crippen LogP contribution in [0.4, 0.5) is 0 Å². The second-order valence-corrected chi connectivity index (χ2v) is 9.06. The van der Waals surface area contributed by atoms with E-state index >= 15 is 0 Å². The highest BCUT2D eigenvalue weighted by Crippen LogP contribution is 2.27. The van der Waals surface area contributed by atoms with Crippen LogP contribution in [-0.4, -0.2) is 58.6 Å². The van der Waals surface area contributed by atoms with Gasteiger partial charge in [-0.05, 0) is 97.1 Å². The number of ketones is 1. The number of hydrogen-bond donors (Lipinski definition) is 0. The van der Waals surface area contributed by atoms with Crippen LogP contribution in [0.2, 0.25) is 0 Å². The summed E-state index contributed by atoms with van der Waals surface area (Å²) >= 11 is 0. The fraction of sp³-hybridized carbons (Fsp3) is 0.242. The molecule has 41 heavy (non-hydrogen) atoms. The normalized spacial score (nSPS) is 15.6. The van der Waals surface area contributed by atoms with Crippen molar-refractivity contribution in [2.75, 3.05) is 52.9 Å². The molecule has 0 aromatic heterocycles. The van der Waals surface area contributed by atoms with Crippen LogP contribution in [0.1, 0.15) is 15.9 Å². The molecule has 0 atom stereocenters. The van der Waals surface area contributed by atoms with Crippen molar-refractivity contribution in [2.45, 2.75) is 0 Å². The summed E-state index contributed by atoms with van der Waals surface area (Å²) in [5, 5.41) is 0. The summed E-state index contributed by atoms with van der Waals surface area (Å²) < 4.78 is 39.9. The maximum atomic E-state index is 13.0. The standard InChI is InChI=1S/C33H32O8/c34-33-25-1-5-29(6-2-25)40-31-13-9-27(10-14-31)38-23-21-36-19-17-35-18-20-37-22-24-39-28-11-15-32(16-12-28)41-30-7-3-26(33)4-8-30/h1-16H,17-24H2. The quantitative estimate of drug-likeness (QED) is 0.249. The smallest absolute Gasteiger partial charge is 0.193 e. The van der Waals surface area contributed by atoms with E-state index in [1.165, 1.54) is 0 Å². The first-order valence-electron chi connectivity index (χ1n) is 13.5. The zero-order chi connectivity index (χ0) is 28.1. The van der Waals surface area contributed by atoms with Crippen LogP contribution in [0.5, 0.6) is 34.5 Å². The molecule has 6 aliphatic rings. The maximum absolute atomic E-state index is 13.0. The number of rotatable bonds is 0. The van der Waals surface area contributed by atoms with Crippen LogP contribution in [0.15, 0.2) is 97.1 Å². The van der Waals surface area contributed by atoms with E-state index in [1.54, 1.807) is 48.5 Å². The molecule has 212 valence electrons. The summed E-state index contributed by atoms with van der Waals surface area (Å²) in [4.78, 5) is 13.0. The predicted molar refractivity (Wildman–Crippen MR) is 153 cm³/mol. The second-order valence-electron chi connectivity index (χ2n) is 9.06. The summed E-state index contributed by atoms with van der Waals surface area (Å²) in [5.41, 5.74) is 1.13. The summed E-state index contributed by atoms with van der Waals surface area (Å²) in [6.07, 6.45) is 0. The highest BCUT2D eigenvalue weighted by molar-refractivity contribution is 6.09. The second kappa shape index (κ2) is 14.9. The molecule has 6 heterocycles. The first-order valence-corrected chi connectivity index (χ1v) is 13.5. The molecule has 0 spiro atoms. The molecule has 0 saturated heterocycles. The first-order chi connectivity index (χ1) is 20.2. The minimum atomic E-state index is -0.0856. The van der Waals surface area contributed by atoms with E-state index in [-0.39, 0.29) is 5.78 Å². The summed E-state index contributed by atoms with van der Waals surface area (Å²) in [5.74, 6) is 3.94. The molecule has 0 unspecified atom stereocenters. The number of ether oxygens (including phenoxy) is 7. The molecule has 0 amide bonds. The minimum Gasteiger partial charge on any atom is -0.491 e. The Morgan fingerprint density at radius 1 is 0.341 bits per heavy atom. The summed E-state index contributed by atoms with van der Waals surface area (Å²) in [6, 6.07) is 28.8. The van der Waals surface area contributed by atoms with Crippen LogP contribution < -0.4 is 18.9 Å². The Morgan fingerprint density at radius 2 is 0.610 bits per heavy atom. The number of fused-ring (bicyclic) bond motifs is 2. The van der Waals surface area contributed by atoms with Gasteiger partial charge in [0.2, 0.25) is 0 Å². The van der Waals surface area contributed by atoms with Gasteiger partial charge in [-0.3, -0.25) is 4.79 Å². The Hall–Kier alpha value is -4.37. The maximum Gasteiger partial charge on any atom is 0.193 e. The topological polar surface area (TPSA) is 81.7 Å². The number of hydrogen-bond acceptors (Lipinski definition) is 8. The van der Waals surface area contributed by atoms with Crippen molar-refractivity contribution in [3.05, 3.63) is 108 Å². The van der Waals surface area contributed by atoms with Crippen LogP contribution >= 0.6 is 0 Å². The van der Waals surface area contributed by atoms with Crippen molar-refractivity contribution in [2.24, 2.45) is 0 Å². The van der Waals surface area contributed by atoms with Crippen molar-refractivity contribution >= 4 is 5.78 Å². The van der Waals surface area contributed by atoms with Crippen LogP contribution in [-0.2, 0) is 14.2 Å². The highest BCUT2D eigenvalue weighted by atomic mass is 16.6. The van der Waals surface area contributed by atoms with Gasteiger partial charge in [0.1, 0.15) is 47.7 Å². The van der Waals surface area contributed by atoms with Gasteiger partial charge in [-0.25, -0.2) is 0 Å². The largest absolute Gasteiger partial charge is 0.491 e. The van der Waals surface area contributed by atoms with E-state index < -0.39 is 0 Å². The minimum absolute atomic E-state index is 0.0856. The van der Waals surface area contributed by atoms with E-state index in [0.717, 1.165) is 11.5 Å². The first kappa shape index (κ1) is 28.2. The lowest BCUT2D eigenvalue weighted by Crippen LogP contribution is -2.14. The van der Waals surface area contributed by atoms with Crippen molar-refractivity contribution in [3.63, 3.8) is 0 Å². The molecule has 0 saturated carbocycles. The molecular weight excluding hydrogens is 524 g/mol. The molecule has 4 aromatic rings. The number of benzene rings is 4. The van der Waals surface area contributed by atoms with Gasteiger partial charge in [-0.2, -0.15) is 0 Å². The lowest BCUT2D eigenvalue weighted by Gasteiger charge is -2.11. The average Bonchev–Trinajstić information content (AvgIpc) is 3.01. The highest BCUT2D eigenvalue weighted by Gasteiger charge is 2.10. The third kappa shape index (κ3) is 8.81. The molecule has 6 aliphatic heterocycles. The molecule has 8 heteroatoms. The van der Waals surface area contributed by atoms with Crippen LogP contribution in [0.3, 0.4) is 0 Å². The molecule has 0 radical (unpaired) electrons. The predicted octanol–water partition coefficient (Wildman–Crippen LogP) is 6.32. The fourth-order valence-corrected chi connectivity index (χ4v) is 3.97. The van der Waals surface area contributed by atoms with Crippen molar-refractivity contribution in [1.82, 2.24) is 0 Å². The molecule has 0 fully saturated rings. The van der Waals surface area contributed by atoms with Gasteiger partial charge in [0.15, 0.2) is 5.78 Å². The lowest BCUT2D eigenvalue weighted by molar-refractivity contribution is 0.00499. The molecule has 8 nitrogen and oxygen atoms in total. The van der Waals surface area contributed by atoms with E-state index in [2.05, 4.69) is 0 Å². The third-order valence-corrected chi connectivity index (χ3v) is 6.09. The van der Waals surface area contributed by atoms with Crippen LogP contribution in [0.25, 0.3) is 0 Å². The van der Waals surface area contributed by atoms with Gasteiger partial charge < -0.3 is 33.2 Å². The zero-order valence-electron chi connectivity index (χ0n) is 22.7. The van der Waals surface area contributed by atoms with Crippen molar-refractivity contribution in [3.8, 4) is 34.5 Å². The average molecular weight is 557 g/mol. The molecule has 10 rings (SSSR count). The Kier molecular flexibility index (Phi) is 10.2. The van der Waals surface area contributed by atoms with E-state index in [1.807, 2.05) is 48.5 Å².